The highest BCUT2D eigenvalue weighted by Gasteiger charge is 2.20. The van der Waals surface area contributed by atoms with Crippen LogP contribution < -0.4 is 10.1 Å². The molecule has 1 amide bonds. The lowest BCUT2D eigenvalue weighted by molar-refractivity contribution is -0.120. The first-order valence-electron chi connectivity index (χ1n) is 8.22. The van der Waals surface area contributed by atoms with Gasteiger partial charge in [-0.1, -0.05) is 41.4 Å². The lowest BCUT2D eigenvalue weighted by Gasteiger charge is -2.24. The van der Waals surface area contributed by atoms with Crippen LogP contribution in [0.5, 0.6) is 5.75 Å². The van der Waals surface area contributed by atoms with E-state index in [0.717, 1.165) is 5.56 Å². The largest absolute Gasteiger partial charge is 0.495 e. The highest BCUT2D eigenvalue weighted by atomic mass is 35.5. The number of rotatable bonds is 6. The second kappa shape index (κ2) is 8.37. The maximum absolute atomic E-state index is 12.6. The number of carbonyl (C=O) groups is 1. The number of likely N-dealkylation sites (N-methyl/N-ethyl adjacent to an activating group) is 1. The zero-order chi connectivity index (χ0) is 18.6. The molecule has 1 atom stereocenters. The number of amides is 1. The van der Waals surface area contributed by atoms with Crippen LogP contribution in [0.1, 0.15) is 23.6 Å². The summed E-state index contributed by atoms with van der Waals surface area (Å²) in [5.41, 5.74) is 3.92. The molecule has 134 valence electrons. The van der Waals surface area contributed by atoms with Crippen LogP contribution in [0, 0.1) is 13.8 Å². The Labute approximate surface area is 154 Å². The maximum Gasteiger partial charge on any atom is 0.241 e. The van der Waals surface area contributed by atoms with Gasteiger partial charge >= 0.3 is 0 Å². The van der Waals surface area contributed by atoms with Crippen LogP contribution in [-0.2, 0) is 11.3 Å². The molecular formula is C20H25ClN2O2. The first kappa shape index (κ1) is 19.3. The van der Waals surface area contributed by atoms with E-state index in [9.17, 15) is 4.79 Å². The number of nitrogens with one attached hydrogen (secondary N) is 1. The van der Waals surface area contributed by atoms with Crippen LogP contribution in [0.2, 0.25) is 5.02 Å². The third-order valence-corrected chi connectivity index (χ3v) is 4.74. The molecule has 0 aliphatic heterocycles. The Morgan fingerprint density at radius 1 is 1.24 bits per heavy atom. The number of benzene rings is 2. The minimum atomic E-state index is -0.290. The van der Waals surface area contributed by atoms with Crippen LogP contribution in [0.25, 0.3) is 0 Å². The first-order chi connectivity index (χ1) is 11.8. The monoisotopic (exact) mass is 360 g/mol. The maximum atomic E-state index is 12.6. The molecule has 0 aliphatic carbocycles. The lowest BCUT2D eigenvalue weighted by atomic mass is 10.1. The molecule has 25 heavy (non-hydrogen) atoms. The quantitative estimate of drug-likeness (QED) is 0.828. The number of nitrogens with zero attached hydrogens (tertiary/aromatic N) is 1. The average molecular weight is 361 g/mol. The fourth-order valence-electron chi connectivity index (χ4n) is 2.49. The third kappa shape index (κ3) is 4.97. The third-order valence-electron chi connectivity index (χ3n) is 4.33. The summed E-state index contributed by atoms with van der Waals surface area (Å²) in [6.45, 7) is 6.54. The van der Waals surface area contributed by atoms with Crippen molar-refractivity contribution in [3.05, 3.63) is 58.1 Å². The van der Waals surface area contributed by atoms with E-state index in [1.165, 1.54) is 11.1 Å². The Morgan fingerprint density at radius 3 is 2.48 bits per heavy atom. The van der Waals surface area contributed by atoms with Gasteiger partial charge in [0, 0.05) is 17.6 Å². The molecule has 0 aliphatic rings. The van der Waals surface area contributed by atoms with Gasteiger partial charge in [0.05, 0.1) is 18.8 Å². The van der Waals surface area contributed by atoms with Gasteiger partial charge < -0.3 is 10.1 Å². The van der Waals surface area contributed by atoms with Crippen LogP contribution in [-0.4, -0.2) is 31.0 Å². The molecule has 2 rings (SSSR count). The smallest absolute Gasteiger partial charge is 0.241 e. The summed E-state index contributed by atoms with van der Waals surface area (Å²) in [5, 5.41) is 3.55. The highest BCUT2D eigenvalue weighted by Crippen LogP contribution is 2.31. The van der Waals surface area contributed by atoms with E-state index >= 15 is 0 Å². The first-order valence-corrected chi connectivity index (χ1v) is 8.60. The summed E-state index contributed by atoms with van der Waals surface area (Å²) in [6, 6.07) is 11.6. The molecule has 0 heterocycles. The second-order valence-electron chi connectivity index (χ2n) is 6.37. The van der Waals surface area contributed by atoms with E-state index in [1.807, 2.05) is 31.9 Å². The molecule has 5 heteroatoms. The van der Waals surface area contributed by atoms with Crippen molar-refractivity contribution in [2.45, 2.75) is 33.4 Å². The van der Waals surface area contributed by atoms with Crippen molar-refractivity contribution < 1.29 is 9.53 Å². The van der Waals surface area contributed by atoms with Crippen LogP contribution in [0.3, 0.4) is 0 Å². The second-order valence-corrected chi connectivity index (χ2v) is 6.77. The van der Waals surface area contributed by atoms with Gasteiger partial charge in [-0.3, -0.25) is 9.69 Å². The Balaban J connectivity index is 2.07. The number of carbonyl (C=O) groups excluding carboxylic acids is 1. The summed E-state index contributed by atoms with van der Waals surface area (Å²) >= 11 is 6.11. The molecule has 4 nitrogen and oxygen atoms in total. The van der Waals surface area contributed by atoms with Crippen LogP contribution in [0.15, 0.2) is 36.4 Å². The zero-order valence-corrected chi connectivity index (χ0v) is 16.1. The van der Waals surface area contributed by atoms with E-state index < -0.39 is 0 Å². The molecule has 0 aromatic heterocycles. The van der Waals surface area contributed by atoms with E-state index in [-0.39, 0.29) is 11.9 Å². The van der Waals surface area contributed by atoms with Gasteiger partial charge in [0.25, 0.3) is 0 Å². The fourth-order valence-corrected chi connectivity index (χ4v) is 2.64. The molecule has 0 spiro atoms. The van der Waals surface area contributed by atoms with Crippen LogP contribution in [0.4, 0.5) is 5.69 Å². The van der Waals surface area contributed by atoms with Crippen molar-refractivity contribution in [3.8, 4) is 5.75 Å². The predicted molar refractivity (Wildman–Crippen MR) is 103 cm³/mol. The summed E-state index contributed by atoms with van der Waals surface area (Å²) in [4.78, 5) is 14.6. The summed E-state index contributed by atoms with van der Waals surface area (Å²) in [6.07, 6.45) is 0. The van der Waals surface area contributed by atoms with Crippen LogP contribution >= 0.6 is 11.6 Å². The molecule has 0 fully saturated rings. The summed E-state index contributed by atoms with van der Waals surface area (Å²) < 4.78 is 5.32. The Morgan fingerprint density at radius 2 is 1.88 bits per heavy atom. The fraction of sp³-hybridized carbons (Fsp3) is 0.350. The molecule has 2 aromatic rings. The molecular weight excluding hydrogens is 336 g/mol. The Bertz CT molecular complexity index is 744. The Hall–Kier alpha value is -2.04. The zero-order valence-electron chi connectivity index (χ0n) is 15.4. The number of hydrogen-bond donors (Lipinski definition) is 1. The standard InChI is InChI=1S/C20H25ClN2O2/c1-13-6-8-16(9-7-13)12-23(4)15(3)20(24)22-18-10-14(2)17(21)11-19(18)25-5/h6-11,15H,12H2,1-5H3,(H,22,24)/t15-/m0/s1. The van der Waals surface area contributed by atoms with Crippen molar-refractivity contribution in [1.82, 2.24) is 4.90 Å². The van der Waals surface area contributed by atoms with Gasteiger partial charge in [-0.25, -0.2) is 0 Å². The molecule has 0 saturated heterocycles. The number of aryl methyl sites for hydroxylation is 2. The van der Waals surface area contributed by atoms with Gasteiger partial charge in [-0.2, -0.15) is 0 Å². The van der Waals surface area contributed by atoms with E-state index in [4.69, 9.17) is 16.3 Å². The van der Waals surface area contributed by atoms with E-state index in [1.54, 1.807) is 13.2 Å². The minimum absolute atomic E-state index is 0.0883. The Kier molecular flexibility index (Phi) is 6.45. The van der Waals surface area contributed by atoms with Gasteiger partial charge in [-0.05, 0) is 45.0 Å². The minimum Gasteiger partial charge on any atom is -0.495 e. The molecule has 0 radical (unpaired) electrons. The van der Waals surface area contributed by atoms with E-state index in [0.29, 0.717) is 23.0 Å². The van der Waals surface area contributed by atoms with E-state index in [2.05, 4.69) is 36.5 Å². The number of methoxy groups -OCH3 is 1. The van der Waals surface area contributed by atoms with Crippen molar-refractivity contribution in [1.29, 1.82) is 0 Å². The molecule has 2 aromatic carbocycles. The van der Waals surface area contributed by atoms with Gasteiger partial charge in [0.15, 0.2) is 0 Å². The molecule has 0 saturated carbocycles. The summed E-state index contributed by atoms with van der Waals surface area (Å²) in [7, 11) is 3.50. The number of anilines is 1. The van der Waals surface area contributed by atoms with Crippen molar-refractivity contribution in [2.75, 3.05) is 19.5 Å². The number of hydrogen-bond acceptors (Lipinski definition) is 3. The predicted octanol–water partition coefficient (Wildman–Crippen LogP) is 4.42. The van der Waals surface area contributed by atoms with Gasteiger partial charge in [0.1, 0.15) is 5.75 Å². The van der Waals surface area contributed by atoms with Crippen molar-refractivity contribution >= 4 is 23.2 Å². The molecule has 1 N–H and O–H groups in total. The number of halogens is 1. The number of ether oxygens (including phenoxy) is 1. The van der Waals surface area contributed by atoms with Crippen molar-refractivity contribution in [3.63, 3.8) is 0 Å². The molecule has 0 bridgehead atoms. The highest BCUT2D eigenvalue weighted by molar-refractivity contribution is 6.31. The summed E-state index contributed by atoms with van der Waals surface area (Å²) in [5.74, 6) is 0.465. The normalized spacial score (nSPS) is 12.1. The van der Waals surface area contributed by atoms with Crippen molar-refractivity contribution in [2.24, 2.45) is 0 Å². The van der Waals surface area contributed by atoms with Gasteiger partial charge in [0.2, 0.25) is 5.91 Å². The lowest BCUT2D eigenvalue weighted by Crippen LogP contribution is -2.39. The molecule has 0 unspecified atom stereocenters. The topological polar surface area (TPSA) is 41.6 Å². The SMILES string of the molecule is COc1cc(Cl)c(C)cc1NC(=O)[C@H](C)N(C)Cc1ccc(C)cc1. The van der Waals surface area contributed by atoms with Gasteiger partial charge in [-0.15, -0.1) is 0 Å². The average Bonchev–Trinajstić information content (AvgIpc) is 2.59.